The molecule has 9 nitrogen and oxygen atoms in total. The summed E-state index contributed by atoms with van der Waals surface area (Å²) < 4.78 is 19.2. The molecule has 216 valence electrons. The minimum atomic E-state index is -1.03. The summed E-state index contributed by atoms with van der Waals surface area (Å²) in [5.41, 5.74) is 0.544. The van der Waals surface area contributed by atoms with Gasteiger partial charge in [0.15, 0.2) is 0 Å². The van der Waals surface area contributed by atoms with Crippen LogP contribution in [0.4, 0.5) is 4.39 Å². The van der Waals surface area contributed by atoms with Gasteiger partial charge in [0, 0.05) is 25.4 Å². The number of nitrogens with zero attached hydrogens (tertiary/aromatic N) is 1. The van der Waals surface area contributed by atoms with Crippen molar-refractivity contribution in [3.05, 3.63) is 65.5 Å². The van der Waals surface area contributed by atoms with Gasteiger partial charge in [-0.3, -0.25) is 19.2 Å². The molecule has 0 spiro atoms. The van der Waals surface area contributed by atoms with E-state index >= 15 is 0 Å². The van der Waals surface area contributed by atoms with Gasteiger partial charge in [-0.2, -0.15) is 0 Å². The molecular weight excluding hydrogens is 515 g/mol. The number of fused-ring (bicyclic) bond motifs is 1. The van der Waals surface area contributed by atoms with Crippen LogP contribution >= 0.6 is 0 Å². The van der Waals surface area contributed by atoms with E-state index in [1.165, 1.54) is 17.0 Å². The van der Waals surface area contributed by atoms with Gasteiger partial charge in [0.1, 0.15) is 30.3 Å². The van der Waals surface area contributed by atoms with Gasteiger partial charge < -0.3 is 25.6 Å². The lowest BCUT2D eigenvalue weighted by molar-refractivity contribution is -0.137. The molecule has 10 heteroatoms. The van der Waals surface area contributed by atoms with E-state index in [-0.39, 0.29) is 55.7 Å². The van der Waals surface area contributed by atoms with E-state index in [0.717, 1.165) is 5.56 Å². The number of halogens is 1. The fraction of sp³-hybridized carbons (Fsp3) is 0.467. The fourth-order valence-corrected chi connectivity index (χ4v) is 4.39. The van der Waals surface area contributed by atoms with Crippen LogP contribution in [0.3, 0.4) is 0 Å². The third-order valence-electron chi connectivity index (χ3n) is 7.05. The summed E-state index contributed by atoms with van der Waals surface area (Å²) in [6.07, 6.45) is -0.0731. The van der Waals surface area contributed by atoms with Gasteiger partial charge in [0.05, 0.1) is 12.1 Å². The molecule has 2 aromatic rings. The lowest BCUT2D eigenvalue weighted by Crippen LogP contribution is -2.52. The largest absolute Gasteiger partial charge is 0.491 e. The smallest absolute Gasteiger partial charge is 0.255 e. The molecule has 0 aromatic heterocycles. The number of ether oxygens (including phenoxy) is 1. The molecule has 0 aliphatic carbocycles. The average molecular weight is 555 g/mol. The Bertz CT molecular complexity index is 1210. The zero-order chi connectivity index (χ0) is 29.4. The van der Waals surface area contributed by atoms with Crippen molar-refractivity contribution in [3.8, 4) is 5.75 Å². The second-order valence-electron chi connectivity index (χ2n) is 11.1. The number of nitrogens with one attached hydrogen (secondary N) is 3. The van der Waals surface area contributed by atoms with Crippen LogP contribution in [0.2, 0.25) is 0 Å². The number of likely N-dealkylation sites (N-methyl/N-ethyl adjacent to an activating group) is 1. The first-order chi connectivity index (χ1) is 18.9. The Morgan fingerprint density at radius 1 is 1.10 bits per heavy atom. The molecular formula is C30H39FN4O5. The monoisotopic (exact) mass is 554 g/mol. The minimum Gasteiger partial charge on any atom is -0.491 e. The first kappa shape index (κ1) is 30.6. The van der Waals surface area contributed by atoms with Crippen molar-refractivity contribution in [3.63, 3.8) is 0 Å². The summed E-state index contributed by atoms with van der Waals surface area (Å²) in [6.45, 7) is 8.11. The molecule has 2 aromatic carbocycles. The van der Waals surface area contributed by atoms with Crippen LogP contribution in [0, 0.1) is 11.7 Å². The Morgan fingerprint density at radius 2 is 1.77 bits per heavy atom. The van der Waals surface area contributed by atoms with Crippen LogP contribution in [-0.2, 0) is 19.8 Å². The quantitative estimate of drug-likeness (QED) is 0.526. The highest BCUT2D eigenvalue weighted by atomic mass is 19.1. The van der Waals surface area contributed by atoms with Crippen molar-refractivity contribution in [1.82, 2.24) is 20.9 Å². The van der Waals surface area contributed by atoms with Gasteiger partial charge in [0.25, 0.3) is 5.91 Å². The van der Waals surface area contributed by atoms with Crippen molar-refractivity contribution in [2.75, 3.05) is 26.7 Å². The van der Waals surface area contributed by atoms with Gasteiger partial charge in [-0.25, -0.2) is 4.39 Å². The zero-order valence-electron chi connectivity index (χ0n) is 23.8. The summed E-state index contributed by atoms with van der Waals surface area (Å²) >= 11 is 0. The van der Waals surface area contributed by atoms with E-state index in [1.54, 1.807) is 43.4 Å². The van der Waals surface area contributed by atoms with Crippen molar-refractivity contribution < 1.29 is 28.3 Å². The Morgan fingerprint density at radius 3 is 2.45 bits per heavy atom. The predicted molar refractivity (Wildman–Crippen MR) is 149 cm³/mol. The number of rotatable bonds is 5. The number of benzene rings is 2. The second kappa shape index (κ2) is 13.4. The van der Waals surface area contributed by atoms with E-state index in [4.69, 9.17) is 4.74 Å². The molecule has 1 aliphatic rings. The average Bonchev–Trinajstić information content (AvgIpc) is 2.92. The van der Waals surface area contributed by atoms with Gasteiger partial charge in [-0.15, -0.1) is 0 Å². The van der Waals surface area contributed by atoms with Crippen LogP contribution in [-0.4, -0.2) is 67.4 Å². The fourth-order valence-electron chi connectivity index (χ4n) is 4.39. The van der Waals surface area contributed by atoms with Crippen LogP contribution in [0.1, 0.15) is 56.5 Å². The first-order valence-electron chi connectivity index (χ1n) is 13.5. The highest BCUT2D eigenvalue weighted by molar-refractivity contribution is 5.99. The maximum absolute atomic E-state index is 13.4. The highest BCUT2D eigenvalue weighted by Crippen LogP contribution is 2.23. The summed E-state index contributed by atoms with van der Waals surface area (Å²) in [7, 11) is 1.64. The van der Waals surface area contributed by atoms with E-state index < -0.39 is 35.2 Å². The van der Waals surface area contributed by atoms with Crippen LogP contribution in [0.25, 0.3) is 0 Å². The van der Waals surface area contributed by atoms with Crippen molar-refractivity contribution in [2.45, 2.75) is 58.0 Å². The summed E-state index contributed by atoms with van der Waals surface area (Å²) in [5.74, 6) is -1.82. The third kappa shape index (κ3) is 8.03. The number of hydrogen-bond donors (Lipinski definition) is 3. The van der Waals surface area contributed by atoms with Gasteiger partial charge in [0.2, 0.25) is 17.7 Å². The minimum absolute atomic E-state index is 0.0122. The molecule has 2 atom stereocenters. The summed E-state index contributed by atoms with van der Waals surface area (Å²) in [6, 6.07) is 10.9. The van der Waals surface area contributed by atoms with Crippen LogP contribution in [0.15, 0.2) is 48.5 Å². The van der Waals surface area contributed by atoms with Gasteiger partial charge >= 0.3 is 0 Å². The molecule has 4 amide bonds. The molecule has 0 radical (unpaired) electrons. The van der Waals surface area contributed by atoms with Crippen molar-refractivity contribution in [2.24, 2.45) is 5.92 Å². The molecule has 3 rings (SSSR count). The maximum atomic E-state index is 13.4. The number of amides is 4. The van der Waals surface area contributed by atoms with E-state index in [1.807, 2.05) is 27.7 Å². The zero-order valence-corrected chi connectivity index (χ0v) is 23.8. The van der Waals surface area contributed by atoms with E-state index in [0.29, 0.717) is 5.75 Å². The number of hydrogen-bond acceptors (Lipinski definition) is 5. The van der Waals surface area contributed by atoms with Crippen LogP contribution < -0.4 is 20.7 Å². The first-order valence-corrected chi connectivity index (χ1v) is 13.5. The lowest BCUT2D eigenvalue weighted by Gasteiger charge is -2.28. The van der Waals surface area contributed by atoms with Crippen LogP contribution in [0.5, 0.6) is 5.75 Å². The molecule has 0 unspecified atom stereocenters. The summed E-state index contributed by atoms with van der Waals surface area (Å²) in [4.78, 5) is 54.1. The Balaban J connectivity index is 1.84. The molecule has 0 bridgehead atoms. The standard InChI is InChI=1S/C30H39FN4O5/c1-19(2)26-29(39)35(5)16-17-40-24-9-7-6-8-22(24)27(37)33-23(14-15-25(36)34-26)28(38)32-18-30(3,4)20-10-12-21(31)13-11-20/h6-13,19,23,26H,14-18H2,1-5H3,(H,32,38)(H,33,37)(H,34,36)/t23-,26-/m0/s1. The lowest BCUT2D eigenvalue weighted by atomic mass is 9.84. The van der Waals surface area contributed by atoms with Crippen molar-refractivity contribution >= 4 is 23.6 Å². The number of carbonyl (C=O) groups is 4. The SMILES string of the molecule is CC(C)[C@@H]1NC(=O)CC[C@@H](C(=O)NCC(C)(C)c2ccc(F)cc2)NC(=O)c2ccccc2OCCN(C)C1=O. The van der Waals surface area contributed by atoms with E-state index in [9.17, 15) is 23.6 Å². The highest BCUT2D eigenvalue weighted by Gasteiger charge is 2.30. The van der Waals surface area contributed by atoms with Gasteiger partial charge in [-0.05, 0) is 42.2 Å². The Hall–Kier alpha value is -3.95. The molecule has 40 heavy (non-hydrogen) atoms. The van der Waals surface area contributed by atoms with Gasteiger partial charge in [-0.1, -0.05) is 52.0 Å². The molecule has 1 heterocycles. The molecule has 1 aliphatic heterocycles. The Kier molecular flexibility index (Phi) is 10.3. The van der Waals surface area contributed by atoms with Crippen molar-refractivity contribution in [1.29, 1.82) is 0 Å². The molecule has 0 saturated heterocycles. The van der Waals surface area contributed by atoms with E-state index in [2.05, 4.69) is 16.0 Å². The maximum Gasteiger partial charge on any atom is 0.255 e. The number of carbonyl (C=O) groups excluding carboxylic acids is 4. The normalized spacial score (nSPS) is 19.5. The number of para-hydroxylation sites is 1. The molecule has 0 saturated carbocycles. The topological polar surface area (TPSA) is 117 Å². The second-order valence-corrected chi connectivity index (χ2v) is 11.1. The molecule has 0 fully saturated rings. The molecule has 3 N–H and O–H groups in total. The third-order valence-corrected chi connectivity index (χ3v) is 7.05. The Labute approximate surface area is 234 Å². The summed E-state index contributed by atoms with van der Waals surface area (Å²) in [5, 5.41) is 8.43. The predicted octanol–water partition coefficient (Wildman–Crippen LogP) is 2.79.